The molecule has 1 saturated heterocycles. The number of hydrogen-bond donors (Lipinski definition) is 0. The second kappa shape index (κ2) is 6.87. The largest absolute Gasteiger partial charge is 0.444 e. The molecule has 1 aliphatic heterocycles. The van der Waals surface area contributed by atoms with Gasteiger partial charge in [0.15, 0.2) is 0 Å². The molecule has 1 aromatic rings. The molecule has 118 valence electrons. The van der Waals surface area contributed by atoms with E-state index in [4.69, 9.17) is 4.74 Å². The number of carbonyl (C=O) groups excluding carboxylic acids is 1. The minimum absolute atomic E-state index is 0.0216. The maximum atomic E-state index is 12.4. The Morgan fingerprint density at radius 3 is 2.95 bits per heavy atom. The van der Waals surface area contributed by atoms with Gasteiger partial charge < -0.3 is 9.64 Å². The number of nitrogens with zero attached hydrogens (tertiary/aromatic N) is 2. The van der Waals surface area contributed by atoms with E-state index in [1.165, 1.54) is 11.3 Å². The molecule has 2 heterocycles. The molecule has 0 spiro atoms. The average molecular weight is 330 g/mol. The molecule has 0 saturated carbocycles. The molecule has 2 atom stereocenters. The Morgan fingerprint density at radius 1 is 1.57 bits per heavy atom. The quantitative estimate of drug-likeness (QED) is 0.855. The van der Waals surface area contributed by atoms with Crippen LogP contribution in [0.15, 0.2) is 11.7 Å². The van der Waals surface area contributed by atoms with Crippen LogP contribution in [0.1, 0.15) is 38.5 Å². The fraction of sp³-hybridized carbons (Fsp3) is 0.714. The van der Waals surface area contributed by atoms with Crippen LogP contribution < -0.4 is 0 Å². The van der Waals surface area contributed by atoms with Crippen molar-refractivity contribution in [3.63, 3.8) is 0 Å². The van der Waals surface area contributed by atoms with Crippen LogP contribution in [0, 0.1) is 0 Å². The lowest BCUT2D eigenvalue weighted by atomic mass is 10.1. The lowest BCUT2D eigenvalue weighted by Gasteiger charge is -2.33. The van der Waals surface area contributed by atoms with Crippen molar-refractivity contribution in [1.82, 2.24) is 9.88 Å². The lowest BCUT2D eigenvalue weighted by molar-refractivity contribution is 0.0219. The third-order valence-electron chi connectivity index (χ3n) is 3.17. The first-order valence-electron chi connectivity index (χ1n) is 7.07. The van der Waals surface area contributed by atoms with E-state index in [9.17, 15) is 9.00 Å². The molecule has 21 heavy (non-hydrogen) atoms. The van der Waals surface area contributed by atoms with E-state index in [1.54, 1.807) is 16.6 Å². The Labute approximate surface area is 132 Å². The van der Waals surface area contributed by atoms with E-state index in [1.807, 2.05) is 20.8 Å². The molecule has 0 radical (unpaired) electrons. The summed E-state index contributed by atoms with van der Waals surface area (Å²) in [4.78, 5) is 18.8. The predicted octanol–water partition coefficient (Wildman–Crippen LogP) is 2.79. The molecule has 1 amide bonds. The van der Waals surface area contributed by atoms with Crippen molar-refractivity contribution in [3.8, 4) is 0 Å². The van der Waals surface area contributed by atoms with E-state index in [-0.39, 0.29) is 11.3 Å². The van der Waals surface area contributed by atoms with Crippen molar-refractivity contribution in [1.29, 1.82) is 0 Å². The summed E-state index contributed by atoms with van der Waals surface area (Å²) >= 11 is 1.52. The highest BCUT2D eigenvalue weighted by Crippen LogP contribution is 2.21. The fourth-order valence-electron chi connectivity index (χ4n) is 2.22. The minimum Gasteiger partial charge on any atom is -0.444 e. The van der Waals surface area contributed by atoms with Crippen LogP contribution in [0.4, 0.5) is 4.79 Å². The Bertz CT molecular complexity index is 497. The van der Waals surface area contributed by atoms with Crippen LogP contribution in [0.5, 0.6) is 0 Å². The van der Waals surface area contributed by atoms with Gasteiger partial charge in [-0.2, -0.15) is 0 Å². The molecule has 1 aliphatic rings. The van der Waals surface area contributed by atoms with Crippen LogP contribution in [-0.4, -0.2) is 44.1 Å². The Morgan fingerprint density at radius 2 is 2.33 bits per heavy atom. The number of likely N-dealkylation sites (tertiary alicyclic amines) is 1. The number of rotatable bonds is 3. The van der Waals surface area contributed by atoms with E-state index < -0.39 is 16.4 Å². The third-order valence-corrected chi connectivity index (χ3v) is 5.86. The number of hydrogen-bond acceptors (Lipinski definition) is 5. The smallest absolute Gasteiger partial charge is 0.410 e. The zero-order valence-corrected chi connectivity index (χ0v) is 14.3. The summed E-state index contributed by atoms with van der Waals surface area (Å²) in [7, 11) is -0.975. The number of piperidine rings is 1. The first-order chi connectivity index (χ1) is 9.85. The van der Waals surface area contributed by atoms with Crippen LogP contribution >= 0.6 is 11.3 Å². The summed E-state index contributed by atoms with van der Waals surface area (Å²) < 4.78 is 17.8. The van der Waals surface area contributed by atoms with Crippen molar-refractivity contribution in [2.75, 3.05) is 13.1 Å². The van der Waals surface area contributed by atoms with Gasteiger partial charge >= 0.3 is 6.09 Å². The Kier molecular flexibility index (Phi) is 5.37. The van der Waals surface area contributed by atoms with Gasteiger partial charge in [0.25, 0.3) is 0 Å². The molecule has 0 N–H and O–H groups in total. The molecule has 7 heteroatoms. The molecule has 0 unspecified atom stereocenters. The first kappa shape index (κ1) is 16.4. The molecule has 1 fully saturated rings. The highest BCUT2D eigenvalue weighted by atomic mass is 32.2. The summed E-state index contributed by atoms with van der Waals surface area (Å²) in [6.07, 6.45) is 3.22. The second-order valence-corrected chi connectivity index (χ2v) is 8.87. The summed E-state index contributed by atoms with van der Waals surface area (Å²) in [5, 5.41) is 0.0216. The standard InChI is InChI=1S/C14H22N2O3S2/c1-14(2,3)19-13(17)16-6-4-5-12(8-16)21(18)9-11-7-15-10-20-11/h7,10,12H,4-6,8-9H2,1-3H3/t12-,21-/m0/s1. The maximum absolute atomic E-state index is 12.4. The van der Waals surface area contributed by atoms with Gasteiger partial charge in [-0.3, -0.25) is 9.19 Å². The third kappa shape index (κ3) is 5.07. The number of amides is 1. The topological polar surface area (TPSA) is 59.5 Å². The molecule has 0 aromatic carbocycles. The van der Waals surface area contributed by atoms with Crippen molar-refractivity contribution in [2.45, 2.75) is 50.2 Å². The van der Waals surface area contributed by atoms with Gasteiger partial charge in [0, 0.05) is 35.0 Å². The second-order valence-electron chi connectivity index (χ2n) is 6.18. The molecular formula is C14H22N2O3S2. The van der Waals surface area contributed by atoms with Crippen LogP contribution in [0.25, 0.3) is 0 Å². The molecule has 1 aromatic heterocycles. The molecule has 0 bridgehead atoms. The first-order valence-corrected chi connectivity index (χ1v) is 9.34. The number of carbonyl (C=O) groups is 1. The molecule has 2 rings (SSSR count). The summed E-state index contributed by atoms with van der Waals surface area (Å²) in [5.41, 5.74) is 1.26. The van der Waals surface area contributed by atoms with Crippen LogP contribution in [-0.2, 0) is 21.3 Å². The molecule has 0 aliphatic carbocycles. The van der Waals surface area contributed by atoms with Crippen molar-refractivity contribution in [3.05, 3.63) is 16.6 Å². The normalized spacial score (nSPS) is 21.1. The van der Waals surface area contributed by atoms with Gasteiger partial charge in [0.2, 0.25) is 0 Å². The monoisotopic (exact) mass is 330 g/mol. The zero-order chi connectivity index (χ0) is 15.5. The van der Waals surface area contributed by atoms with E-state index in [2.05, 4.69) is 4.98 Å². The van der Waals surface area contributed by atoms with Crippen molar-refractivity contribution in [2.24, 2.45) is 0 Å². The van der Waals surface area contributed by atoms with Crippen molar-refractivity contribution < 1.29 is 13.7 Å². The molecular weight excluding hydrogens is 308 g/mol. The fourth-order valence-corrected chi connectivity index (χ4v) is 4.58. The average Bonchev–Trinajstić information content (AvgIpc) is 2.90. The highest BCUT2D eigenvalue weighted by molar-refractivity contribution is 7.85. The maximum Gasteiger partial charge on any atom is 0.410 e. The highest BCUT2D eigenvalue weighted by Gasteiger charge is 2.30. The van der Waals surface area contributed by atoms with E-state index in [0.29, 0.717) is 18.8 Å². The van der Waals surface area contributed by atoms with Gasteiger partial charge in [-0.1, -0.05) is 0 Å². The molecule has 5 nitrogen and oxygen atoms in total. The lowest BCUT2D eigenvalue weighted by Crippen LogP contribution is -2.46. The zero-order valence-electron chi connectivity index (χ0n) is 12.7. The predicted molar refractivity (Wildman–Crippen MR) is 84.8 cm³/mol. The summed E-state index contributed by atoms with van der Waals surface area (Å²) in [6.45, 7) is 6.76. The Balaban J connectivity index is 1.91. The number of ether oxygens (including phenoxy) is 1. The van der Waals surface area contributed by atoms with E-state index in [0.717, 1.165) is 17.7 Å². The number of thiazole rings is 1. The van der Waals surface area contributed by atoms with Gasteiger partial charge in [0.05, 0.1) is 16.5 Å². The van der Waals surface area contributed by atoms with Gasteiger partial charge in [-0.15, -0.1) is 11.3 Å². The van der Waals surface area contributed by atoms with Gasteiger partial charge in [-0.25, -0.2) is 4.79 Å². The summed E-state index contributed by atoms with van der Waals surface area (Å²) in [6, 6.07) is 0. The summed E-state index contributed by atoms with van der Waals surface area (Å²) in [5.74, 6) is 0.525. The SMILES string of the molecule is CC(C)(C)OC(=O)N1CCC[C@H]([S@@](=O)Cc2cncs2)C1. The minimum atomic E-state index is -0.975. The van der Waals surface area contributed by atoms with Crippen LogP contribution in [0.2, 0.25) is 0 Å². The van der Waals surface area contributed by atoms with Gasteiger partial charge in [-0.05, 0) is 33.6 Å². The van der Waals surface area contributed by atoms with Gasteiger partial charge in [0.1, 0.15) is 5.60 Å². The van der Waals surface area contributed by atoms with Crippen molar-refractivity contribution >= 4 is 28.2 Å². The number of aromatic nitrogens is 1. The van der Waals surface area contributed by atoms with Crippen LogP contribution in [0.3, 0.4) is 0 Å². The Hall–Kier alpha value is -0.950. The van der Waals surface area contributed by atoms with E-state index >= 15 is 0 Å².